The third kappa shape index (κ3) is 3.95. The van der Waals surface area contributed by atoms with Gasteiger partial charge in [-0.15, -0.1) is 11.3 Å². The lowest BCUT2D eigenvalue weighted by atomic mass is 10.3. The summed E-state index contributed by atoms with van der Waals surface area (Å²) in [5, 5.41) is 4.73. The van der Waals surface area contributed by atoms with Gasteiger partial charge in [-0.25, -0.2) is 9.37 Å². The Kier molecular flexibility index (Phi) is 6.02. The lowest BCUT2D eigenvalue weighted by molar-refractivity contribution is -0.118. The Morgan fingerprint density at radius 2 is 2.19 bits per heavy atom. The first-order valence-electron chi connectivity index (χ1n) is 7.75. The van der Waals surface area contributed by atoms with Crippen LogP contribution >= 0.6 is 23.1 Å². The Balaban J connectivity index is 1.96. The van der Waals surface area contributed by atoms with Crippen molar-refractivity contribution in [2.24, 2.45) is 0 Å². The first-order chi connectivity index (χ1) is 12.6. The molecule has 9 heteroatoms. The van der Waals surface area contributed by atoms with Gasteiger partial charge in [0.05, 0.1) is 23.6 Å². The van der Waals surface area contributed by atoms with E-state index in [9.17, 15) is 14.0 Å². The molecular formula is C17H16FN3O3S2. The molecule has 0 radical (unpaired) electrons. The third-order valence-electron chi connectivity index (χ3n) is 3.50. The summed E-state index contributed by atoms with van der Waals surface area (Å²) in [6.07, 6.45) is 0. The number of thioether (sulfide) groups is 1. The number of benzene rings is 1. The van der Waals surface area contributed by atoms with E-state index < -0.39 is 5.82 Å². The van der Waals surface area contributed by atoms with E-state index in [1.54, 1.807) is 30.7 Å². The van der Waals surface area contributed by atoms with Gasteiger partial charge < -0.3 is 10.1 Å². The molecule has 136 valence electrons. The lowest BCUT2D eigenvalue weighted by Crippen LogP contribution is -2.29. The maximum absolute atomic E-state index is 14.3. The van der Waals surface area contributed by atoms with Crippen molar-refractivity contribution in [2.45, 2.75) is 5.16 Å². The van der Waals surface area contributed by atoms with E-state index in [4.69, 9.17) is 4.74 Å². The number of fused-ring (bicyclic) bond motifs is 1. The van der Waals surface area contributed by atoms with Gasteiger partial charge in [0.1, 0.15) is 10.5 Å². The molecule has 0 aliphatic carbocycles. The van der Waals surface area contributed by atoms with Crippen LogP contribution < -0.4 is 10.9 Å². The van der Waals surface area contributed by atoms with E-state index in [-0.39, 0.29) is 28.1 Å². The van der Waals surface area contributed by atoms with Crippen molar-refractivity contribution in [3.63, 3.8) is 0 Å². The van der Waals surface area contributed by atoms with Crippen molar-refractivity contribution in [1.82, 2.24) is 14.9 Å². The minimum absolute atomic E-state index is 0.0558. The van der Waals surface area contributed by atoms with Gasteiger partial charge in [-0.3, -0.25) is 14.2 Å². The van der Waals surface area contributed by atoms with Gasteiger partial charge in [-0.1, -0.05) is 23.9 Å². The number of rotatable bonds is 7. The SMILES string of the molecule is COCCNC(=O)CSc1nc2ccsc2c(=O)n1-c1ccccc1F. The number of amides is 1. The van der Waals surface area contributed by atoms with E-state index >= 15 is 0 Å². The Morgan fingerprint density at radius 3 is 2.96 bits per heavy atom. The van der Waals surface area contributed by atoms with Crippen molar-refractivity contribution in [3.05, 3.63) is 51.9 Å². The van der Waals surface area contributed by atoms with Crippen molar-refractivity contribution in [3.8, 4) is 5.69 Å². The van der Waals surface area contributed by atoms with Crippen LogP contribution in [0.5, 0.6) is 0 Å². The molecule has 1 amide bonds. The highest BCUT2D eigenvalue weighted by molar-refractivity contribution is 7.99. The number of thiophene rings is 1. The summed E-state index contributed by atoms with van der Waals surface area (Å²) in [6, 6.07) is 7.73. The Hall–Kier alpha value is -2.23. The van der Waals surface area contributed by atoms with Gasteiger partial charge in [0, 0.05) is 13.7 Å². The number of halogens is 1. The Morgan fingerprint density at radius 1 is 1.38 bits per heavy atom. The van der Waals surface area contributed by atoms with Crippen LogP contribution in [0, 0.1) is 5.82 Å². The Labute approximate surface area is 157 Å². The molecule has 0 aliphatic rings. The number of hydrogen-bond donors (Lipinski definition) is 1. The summed E-state index contributed by atoms with van der Waals surface area (Å²) in [7, 11) is 1.55. The van der Waals surface area contributed by atoms with Crippen LogP contribution in [0.4, 0.5) is 4.39 Å². The second kappa shape index (κ2) is 8.43. The maximum atomic E-state index is 14.3. The summed E-state index contributed by atoms with van der Waals surface area (Å²) >= 11 is 2.34. The number of methoxy groups -OCH3 is 1. The molecule has 1 N–H and O–H groups in total. The van der Waals surface area contributed by atoms with Crippen molar-refractivity contribution >= 4 is 39.2 Å². The topological polar surface area (TPSA) is 73.2 Å². The highest BCUT2D eigenvalue weighted by atomic mass is 32.2. The quantitative estimate of drug-likeness (QED) is 0.379. The van der Waals surface area contributed by atoms with Crippen LogP contribution in [0.3, 0.4) is 0 Å². The van der Waals surface area contributed by atoms with E-state index in [1.807, 2.05) is 0 Å². The van der Waals surface area contributed by atoms with Crippen LogP contribution in [-0.2, 0) is 9.53 Å². The number of carbonyl (C=O) groups excluding carboxylic acids is 1. The fourth-order valence-corrected chi connectivity index (χ4v) is 3.90. The second-order valence-corrected chi connectivity index (χ2v) is 7.11. The number of nitrogens with one attached hydrogen (secondary N) is 1. The lowest BCUT2D eigenvalue weighted by Gasteiger charge is -2.12. The molecule has 0 aliphatic heterocycles. The van der Waals surface area contributed by atoms with Crippen molar-refractivity contribution < 1.29 is 13.9 Å². The average molecular weight is 393 g/mol. The zero-order valence-electron chi connectivity index (χ0n) is 13.9. The van der Waals surface area contributed by atoms with Gasteiger partial charge in [-0.05, 0) is 23.6 Å². The third-order valence-corrected chi connectivity index (χ3v) is 5.33. The van der Waals surface area contributed by atoms with Crippen molar-refractivity contribution in [2.75, 3.05) is 26.0 Å². The molecule has 0 unspecified atom stereocenters. The number of carbonyl (C=O) groups is 1. The number of para-hydroxylation sites is 1. The normalized spacial score (nSPS) is 11.0. The summed E-state index contributed by atoms with van der Waals surface area (Å²) in [4.78, 5) is 29.2. The molecule has 0 spiro atoms. The molecule has 0 bridgehead atoms. The Bertz CT molecular complexity index is 987. The standard InChI is InChI=1S/C17H16FN3O3S2/c1-24-8-7-19-14(22)10-26-17-20-12-6-9-25-15(12)16(23)21(17)13-5-3-2-4-11(13)18/h2-6,9H,7-8,10H2,1H3,(H,19,22). The van der Waals surface area contributed by atoms with E-state index in [2.05, 4.69) is 10.3 Å². The predicted molar refractivity (Wildman–Crippen MR) is 101 cm³/mol. The average Bonchev–Trinajstić information content (AvgIpc) is 3.10. The fourth-order valence-electron chi connectivity index (χ4n) is 2.31. The summed E-state index contributed by atoms with van der Waals surface area (Å²) in [5.41, 5.74) is 0.301. The fraction of sp³-hybridized carbons (Fsp3) is 0.235. The zero-order chi connectivity index (χ0) is 18.5. The maximum Gasteiger partial charge on any atom is 0.276 e. The molecule has 2 heterocycles. The summed E-state index contributed by atoms with van der Waals surface area (Å²) in [5.74, 6) is -0.689. The van der Waals surface area contributed by atoms with Gasteiger partial charge in [-0.2, -0.15) is 0 Å². The van der Waals surface area contributed by atoms with Crippen molar-refractivity contribution in [1.29, 1.82) is 0 Å². The molecule has 26 heavy (non-hydrogen) atoms. The number of ether oxygens (including phenoxy) is 1. The minimum atomic E-state index is -0.529. The molecule has 0 atom stereocenters. The first-order valence-corrected chi connectivity index (χ1v) is 9.62. The smallest absolute Gasteiger partial charge is 0.276 e. The number of nitrogens with zero attached hydrogens (tertiary/aromatic N) is 2. The van der Waals surface area contributed by atoms with Crippen LogP contribution in [0.1, 0.15) is 0 Å². The molecule has 0 saturated carbocycles. The zero-order valence-corrected chi connectivity index (χ0v) is 15.5. The molecule has 2 aromatic heterocycles. The van der Waals surface area contributed by atoms with E-state index in [1.165, 1.54) is 28.0 Å². The van der Waals surface area contributed by atoms with Crippen LogP contribution in [0.2, 0.25) is 0 Å². The highest BCUT2D eigenvalue weighted by Gasteiger charge is 2.17. The molecule has 6 nitrogen and oxygen atoms in total. The molecule has 0 saturated heterocycles. The molecule has 3 rings (SSSR count). The molecular weight excluding hydrogens is 377 g/mol. The summed E-state index contributed by atoms with van der Waals surface area (Å²) < 4.78 is 20.8. The van der Waals surface area contributed by atoms with Gasteiger partial charge >= 0.3 is 0 Å². The molecule has 0 fully saturated rings. The molecule has 1 aromatic carbocycles. The van der Waals surface area contributed by atoms with Gasteiger partial charge in [0.25, 0.3) is 5.56 Å². The predicted octanol–water partition coefficient (Wildman–Crippen LogP) is 2.44. The summed E-state index contributed by atoms with van der Waals surface area (Å²) in [6.45, 7) is 0.808. The van der Waals surface area contributed by atoms with Crippen LogP contribution in [-0.4, -0.2) is 41.5 Å². The van der Waals surface area contributed by atoms with E-state index in [0.29, 0.717) is 23.4 Å². The second-order valence-electron chi connectivity index (χ2n) is 5.25. The van der Waals surface area contributed by atoms with Crippen LogP contribution in [0.15, 0.2) is 45.7 Å². The van der Waals surface area contributed by atoms with Gasteiger partial charge in [0.2, 0.25) is 5.91 Å². The van der Waals surface area contributed by atoms with Crippen LogP contribution in [0.25, 0.3) is 15.9 Å². The number of aromatic nitrogens is 2. The minimum Gasteiger partial charge on any atom is -0.383 e. The monoisotopic (exact) mass is 393 g/mol. The van der Waals surface area contributed by atoms with E-state index in [0.717, 1.165) is 11.8 Å². The largest absolute Gasteiger partial charge is 0.383 e. The number of hydrogen-bond acceptors (Lipinski definition) is 6. The first kappa shape index (κ1) is 18.6. The van der Waals surface area contributed by atoms with Gasteiger partial charge in [0.15, 0.2) is 5.16 Å². The highest BCUT2D eigenvalue weighted by Crippen LogP contribution is 2.24. The molecule has 3 aromatic rings.